The number of ketones is 1. The van der Waals surface area contributed by atoms with Crippen LogP contribution in [0.5, 0.6) is 5.75 Å². The summed E-state index contributed by atoms with van der Waals surface area (Å²) in [6.07, 6.45) is 8.68. The lowest BCUT2D eigenvalue weighted by Crippen LogP contribution is -2.14. The van der Waals surface area contributed by atoms with Crippen LogP contribution in [0.4, 0.5) is 4.39 Å². The molecule has 4 rings (SSSR count). The van der Waals surface area contributed by atoms with Crippen molar-refractivity contribution >= 4 is 11.9 Å². The largest absolute Gasteiger partial charge is 0.492 e. The number of allylic oxidation sites excluding steroid dienone is 1. The molecule has 1 aliphatic rings. The first-order chi connectivity index (χ1) is 13.2. The minimum absolute atomic E-state index is 0.0329. The van der Waals surface area contributed by atoms with E-state index >= 15 is 0 Å². The molecule has 136 valence electrons. The second-order valence-electron chi connectivity index (χ2n) is 6.52. The van der Waals surface area contributed by atoms with Crippen molar-refractivity contribution in [3.05, 3.63) is 89.3 Å². The number of Topliss-reactive ketones (excluding diaryl/α,β-unsaturated/α-hetero) is 1. The van der Waals surface area contributed by atoms with Crippen LogP contribution in [0.3, 0.4) is 0 Å². The molecule has 3 aromatic rings. The number of ether oxygens (including phenoxy) is 1. The molecule has 0 fully saturated rings. The van der Waals surface area contributed by atoms with Crippen molar-refractivity contribution in [1.82, 2.24) is 9.55 Å². The number of aryl methyl sites for hydroxylation is 1. The first kappa shape index (κ1) is 17.2. The van der Waals surface area contributed by atoms with Crippen LogP contribution in [-0.4, -0.2) is 21.9 Å². The maximum atomic E-state index is 13.0. The maximum absolute atomic E-state index is 13.0. The molecule has 2 aromatic carbocycles. The second-order valence-corrected chi connectivity index (χ2v) is 6.52. The number of aromatic nitrogens is 2. The smallest absolute Gasteiger partial charge is 0.189 e. The van der Waals surface area contributed by atoms with Crippen LogP contribution in [0.15, 0.2) is 66.8 Å². The number of rotatable bonds is 5. The van der Waals surface area contributed by atoms with E-state index in [9.17, 15) is 9.18 Å². The second kappa shape index (κ2) is 7.58. The van der Waals surface area contributed by atoms with Crippen molar-refractivity contribution in [2.75, 3.05) is 6.61 Å². The third-order valence-corrected chi connectivity index (χ3v) is 4.66. The molecule has 0 amide bonds. The minimum atomic E-state index is -0.280. The molecule has 27 heavy (non-hydrogen) atoms. The molecule has 1 aromatic heterocycles. The lowest BCUT2D eigenvalue weighted by Gasteiger charge is -2.19. The number of hydrogen-bond donors (Lipinski definition) is 0. The number of imidazole rings is 1. The summed E-state index contributed by atoms with van der Waals surface area (Å²) in [5.41, 5.74) is 3.32. The van der Waals surface area contributed by atoms with E-state index in [-0.39, 0.29) is 11.6 Å². The Morgan fingerprint density at radius 2 is 2.00 bits per heavy atom. The highest BCUT2D eigenvalue weighted by Gasteiger charge is 2.22. The topological polar surface area (TPSA) is 44.1 Å². The van der Waals surface area contributed by atoms with Crippen LogP contribution < -0.4 is 4.74 Å². The Bertz CT molecular complexity index is 976. The van der Waals surface area contributed by atoms with Crippen molar-refractivity contribution in [3.63, 3.8) is 0 Å². The zero-order valence-corrected chi connectivity index (χ0v) is 14.8. The van der Waals surface area contributed by atoms with Gasteiger partial charge in [0.15, 0.2) is 5.78 Å². The molecule has 0 unspecified atom stereocenters. The summed E-state index contributed by atoms with van der Waals surface area (Å²) in [7, 11) is 0. The van der Waals surface area contributed by atoms with Crippen LogP contribution >= 0.6 is 0 Å². The highest BCUT2D eigenvalue weighted by Crippen LogP contribution is 2.29. The van der Waals surface area contributed by atoms with Crippen molar-refractivity contribution in [3.8, 4) is 5.75 Å². The van der Waals surface area contributed by atoms with Gasteiger partial charge in [0.1, 0.15) is 18.2 Å². The van der Waals surface area contributed by atoms with Crippen LogP contribution in [0.2, 0.25) is 0 Å². The summed E-state index contributed by atoms with van der Waals surface area (Å²) < 4.78 is 20.8. The zero-order valence-electron chi connectivity index (χ0n) is 14.8. The van der Waals surface area contributed by atoms with Crippen molar-refractivity contribution in [2.45, 2.75) is 19.4 Å². The quantitative estimate of drug-likeness (QED) is 0.635. The summed E-state index contributed by atoms with van der Waals surface area (Å²) in [5, 5.41) is 0. The van der Waals surface area contributed by atoms with Crippen molar-refractivity contribution in [2.24, 2.45) is 0 Å². The fourth-order valence-electron chi connectivity index (χ4n) is 3.23. The normalized spacial score (nSPS) is 15.0. The highest BCUT2D eigenvalue weighted by molar-refractivity contribution is 6.13. The van der Waals surface area contributed by atoms with E-state index in [0.29, 0.717) is 13.0 Å². The predicted molar refractivity (Wildman–Crippen MR) is 101 cm³/mol. The summed E-state index contributed by atoms with van der Waals surface area (Å²) in [6.45, 7) is 1.26. The molecule has 0 radical (unpaired) electrons. The summed E-state index contributed by atoms with van der Waals surface area (Å²) in [5.74, 6) is 0.524. The third kappa shape index (κ3) is 3.97. The van der Waals surface area contributed by atoms with Crippen LogP contribution in [0.25, 0.3) is 6.08 Å². The highest BCUT2D eigenvalue weighted by atomic mass is 19.1. The molecule has 0 atom stereocenters. The molecule has 0 aliphatic heterocycles. The van der Waals surface area contributed by atoms with E-state index in [1.165, 1.54) is 12.1 Å². The Kier molecular flexibility index (Phi) is 4.83. The number of benzene rings is 2. The number of halogens is 1. The van der Waals surface area contributed by atoms with Crippen LogP contribution in [0, 0.1) is 5.82 Å². The van der Waals surface area contributed by atoms with Gasteiger partial charge in [-0.05, 0) is 60.4 Å². The molecule has 4 nitrogen and oxygen atoms in total. The van der Waals surface area contributed by atoms with E-state index in [4.69, 9.17) is 4.74 Å². The number of carbonyl (C=O) groups excluding carboxylic acids is 1. The van der Waals surface area contributed by atoms with Gasteiger partial charge in [-0.3, -0.25) is 4.79 Å². The molecule has 0 saturated heterocycles. The van der Waals surface area contributed by atoms with E-state index in [1.54, 1.807) is 24.7 Å². The summed E-state index contributed by atoms with van der Waals surface area (Å²) in [6, 6.07) is 11.8. The molecule has 0 N–H and O–H groups in total. The van der Waals surface area contributed by atoms with Gasteiger partial charge in [-0.1, -0.05) is 12.1 Å². The molecule has 1 heterocycles. The van der Waals surface area contributed by atoms with Crippen molar-refractivity contribution < 1.29 is 13.9 Å². The lowest BCUT2D eigenvalue weighted by atomic mass is 9.86. The SMILES string of the molecule is O=C1/C(=C/c2ccc(F)cc2)CCc2cc(OCCn3ccnc3)ccc21. The Morgan fingerprint density at radius 1 is 1.15 bits per heavy atom. The van der Waals surface area contributed by atoms with E-state index < -0.39 is 0 Å². The average molecular weight is 362 g/mol. The summed E-state index contributed by atoms with van der Waals surface area (Å²) >= 11 is 0. The van der Waals surface area contributed by atoms with E-state index in [0.717, 1.165) is 41.0 Å². The van der Waals surface area contributed by atoms with Gasteiger partial charge in [0.05, 0.1) is 12.9 Å². The standard InChI is InChI=1S/C22H19FN2O2/c23-19-5-1-16(2-6-19)13-18-4-3-17-14-20(7-8-21(17)22(18)26)27-12-11-25-10-9-24-15-25/h1-2,5-10,13-15H,3-4,11-12H2/b18-13+. The Balaban J connectivity index is 1.46. The molecule has 1 aliphatic carbocycles. The fraction of sp³-hybridized carbons (Fsp3) is 0.182. The first-order valence-electron chi connectivity index (χ1n) is 8.91. The Labute approximate surface area is 156 Å². The molecule has 0 spiro atoms. The number of fused-ring (bicyclic) bond motifs is 1. The number of nitrogens with zero attached hydrogens (tertiary/aromatic N) is 2. The fourth-order valence-corrected chi connectivity index (χ4v) is 3.23. The van der Waals surface area contributed by atoms with Crippen LogP contribution in [-0.2, 0) is 13.0 Å². The van der Waals surface area contributed by atoms with Gasteiger partial charge in [-0.15, -0.1) is 0 Å². The van der Waals surface area contributed by atoms with Gasteiger partial charge in [0.2, 0.25) is 0 Å². The molecular formula is C22H19FN2O2. The molecule has 0 bridgehead atoms. The van der Waals surface area contributed by atoms with Crippen molar-refractivity contribution in [1.29, 1.82) is 0 Å². The van der Waals surface area contributed by atoms with Crippen LogP contribution in [0.1, 0.15) is 27.9 Å². The number of hydrogen-bond acceptors (Lipinski definition) is 3. The first-order valence-corrected chi connectivity index (χ1v) is 8.91. The number of carbonyl (C=O) groups is 1. The predicted octanol–water partition coefficient (Wildman–Crippen LogP) is 4.31. The minimum Gasteiger partial charge on any atom is -0.492 e. The zero-order chi connectivity index (χ0) is 18.6. The molecule has 5 heteroatoms. The van der Waals surface area contributed by atoms with E-state index in [2.05, 4.69) is 4.98 Å². The average Bonchev–Trinajstić information content (AvgIpc) is 3.19. The van der Waals surface area contributed by atoms with Gasteiger partial charge in [0, 0.05) is 23.5 Å². The summed E-state index contributed by atoms with van der Waals surface area (Å²) in [4.78, 5) is 16.8. The molecule has 0 saturated carbocycles. The third-order valence-electron chi connectivity index (χ3n) is 4.66. The monoisotopic (exact) mass is 362 g/mol. The van der Waals surface area contributed by atoms with Gasteiger partial charge < -0.3 is 9.30 Å². The Hall–Kier alpha value is -3.21. The maximum Gasteiger partial charge on any atom is 0.189 e. The Morgan fingerprint density at radius 3 is 2.78 bits per heavy atom. The molecular weight excluding hydrogens is 343 g/mol. The van der Waals surface area contributed by atoms with E-state index in [1.807, 2.05) is 35.0 Å². The van der Waals surface area contributed by atoms with Gasteiger partial charge in [-0.25, -0.2) is 9.37 Å². The van der Waals surface area contributed by atoms with Gasteiger partial charge in [-0.2, -0.15) is 0 Å². The lowest BCUT2D eigenvalue weighted by molar-refractivity contribution is 0.102. The van der Waals surface area contributed by atoms with Gasteiger partial charge in [0.25, 0.3) is 0 Å². The van der Waals surface area contributed by atoms with Gasteiger partial charge >= 0.3 is 0 Å².